The number of nitrogens with zero attached hydrogens (tertiary/aromatic N) is 1. The average Bonchev–Trinajstić information content (AvgIpc) is 2.27. The predicted octanol–water partition coefficient (Wildman–Crippen LogP) is -0.881. The Morgan fingerprint density at radius 2 is 1.84 bits per heavy atom. The molecule has 0 aliphatic rings. The van der Waals surface area contributed by atoms with Gasteiger partial charge in [-0.05, 0) is 6.92 Å². The second-order valence-corrected chi connectivity index (χ2v) is 3.60. The van der Waals surface area contributed by atoms with Crippen LogP contribution in [0.3, 0.4) is 0 Å². The van der Waals surface area contributed by atoms with Crippen molar-refractivity contribution in [3.63, 3.8) is 0 Å². The van der Waals surface area contributed by atoms with Gasteiger partial charge >= 0.3 is 23.9 Å². The fourth-order valence-corrected chi connectivity index (χ4v) is 1.11. The summed E-state index contributed by atoms with van der Waals surface area (Å²) in [7, 11) is 1.26. The molecule has 0 aromatic rings. The molecule has 9 heteroatoms. The number of carbonyl (C=O) groups is 4. The largest absolute Gasteiger partial charge is 0.481 e. The highest BCUT2D eigenvalue weighted by atomic mass is 16.5. The van der Waals surface area contributed by atoms with E-state index in [4.69, 9.17) is 10.2 Å². The van der Waals surface area contributed by atoms with Crippen molar-refractivity contribution in [1.82, 2.24) is 10.2 Å². The molecule has 2 amide bonds. The molecule has 0 aromatic carbocycles. The van der Waals surface area contributed by atoms with Crippen LogP contribution in [0.5, 0.6) is 0 Å². The Morgan fingerprint density at radius 3 is 2.26 bits per heavy atom. The number of urea groups is 1. The standard InChI is InChI=1S/C10H16N2O7/c1-3-19-8(15)5-12(2)10(18)11-6(9(16)17)4-7(13)14/h6H,3-5H2,1-2H3,(H,11,18)(H,13,14)(H,16,17)/t6-/m0/s1. The zero-order valence-electron chi connectivity index (χ0n) is 10.6. The van der Waals surface area contributed by atoms with E-state index in [9.17, 15) is 19.2 Å². The first-order valence-electron chi connectivity index (χ1n) is 5.39. The first-order chi connectivity index (χ1) is 8.77. The van der Waals surface area contributed by atoms with Crippen LogP contribution in [0.2, 0.25) is 0 Å². The molecule has 108 valence electrons. The van der Waals surface area contributed by atoms with E-state index in [1.54, 1.807) is 6.92 Å². The number of ether oxygens (including phenoxy) is 1. The Bertz CT molecular complexity index is 369. The number of rotatable bonds is 7. The number of amides is 2. The van der Waals surface area contributed by atoms with Crippen LogP contribution in [0.4, 0.5) is 4.79 Å². The molecule has 9 nitrogen and oxygen atoms in total. The summed E-state index contributed by atoms with van der Waals surface area (Å²) >= 11 is 0. The van der Waals surface area contributed by atoms with Crippen molar-refractivity contribution >= 4 is 23.9 Å². The summed E-state index contributed by atoms with van der Waals surface area (Å²) in [6, 6.07) is -2.43. The minimum atomic E-state index is -1.56. The van der Waals surface area contributed by atoms with Gasteiger partial charge in [0.25, 0.3) is 0 Å². The molecule has 0 rings (SSSR count). The Hall–Kier alpha value is -2.32. The molecule has 0 spiro atoms. The Kier molecular flexibility index (Phi) is 6.94. The lowest BCUT2D eigenvalue weighted by molar-refractivity contribution is -0.145. The molecule has 0 aromatic heterocycles. The third kappa shape index (κ3) is 6.86. The lowest BCUT2D eigenvalue weighted by Gasteiger charge is -2.19. The first kappa shape index (κ1) is 16.7. The van der Waals surface area contributed by atoms with Crippen LogP contribution in [-0.4, -0.2) is 65.3 Å². The van der Waals surface area contributed by atoms with Crippen LogP contribution < -0.4 is 5.32 Å². The second-order valence-electron chi connectivity index (χ2n) is 3.60. The third-order valence-electron chi connectivity index (χ3n) is 1.99. The Balaban J connectivity index is 4.42. The summed E-state index contributed by atoms with van der Waals surface area (Å²) < 4.78 is 4.61. The number of nitrogens with one attached hydrogen (secondary N) is 1. The maximum Gasteiger partial charge on any atom is 0.326 e. The molecular formula is C10H16N2O7. The maximum absolute atomic E-state index is 11.5. The Morgan fingerprint density at radius 1 is 1.26 bits per heavy atom. The fraction of sp³-hybridized carbons (Fsp3) is 0.600. The number of esters is 1. The van der Waals surface area contributed by atoms with Gasteiger partial charge in [-0.15, -0.1) is 0 Å². The van der Waals surface area contributed by atoms with Crippen molar-refractivity contribution in [3.8, 4) is 0 Å². The van der Waals surface area contributed by atoms with Crippen LogP contribution in [0.25, 0.3) is 0 Å². The summed E-state index contributed by atoms with van der Waals surface area (Å²) in [5, 5.41) is 19.2. The van der Waals surface area contributed by atoms with Gasteiger partial charge in [0.05, 0.1) is 13.0 Å². The number of carboxylic acids is 2. The van der Waals surface area contributed by atoms with E-state index in [1.807, 2.05) is 5.32 Å². The van der Waals surface area contributed by atoms with E-state index < -0.39 is 36.4 Å². The number of likely N-dealkylation sites (N-methyl/N-ethyl adjacent to an activating group) is 1. The number of carboxylic acid groups (broad SMARTS) is 2. The molecule has 0 fully saturated rings. The zero-order valence-corrected chi connectivity index (χ0v) is 10.6. The van der Waals surface area contributed by atoms with Gasteiger partial charge in [-0.1, -0.05) is 0 Å². The minimum absolute atomic E-state index is 0.158. The van der Waals surface area contributed by atoms with Crippen LogP contribution >= 0.6 is 0 Å². The van der Waals surface area contributed by atoms with E-state index in [0.29, 0.717) is 0 Å². The normalized spacial score (nSPS) is 11.3. The van der Waals surface area contributed by atoms with Gasteiger partial charge < -0.3 is 25.2 Å². The molecule has 0 radical (unpaired) electrons. The minimum Gasteiger partial charge on any atom is -0.481 e. The molecule has 19 heavy (non-hydrogen) atoms. The van der Waals surface area contributed by atoms with Gasteiger partial charge in [0, 0.05) is 7.05 Å². The smallest absolute Gasteiger partial charge is 0.326 e. The third-order valence-corrected chi connectivity index (χ3v) is 1.99. The van der Waals surface area contributed by atoms with Crippen molar-refractivity contribution in [2.75, 3.05) is 20.2 Å². The maximum atomic E-state index is 11.5. The first-order valence-corrected chi connectivity index (χ1v) is 5.39. The van der Waals surface area contributed by atoms with E-state index >= 15 is 0 Å². The average molecular weight is 276 g/mol. The second kappa shape index (κ2) is 7.90. The van der Waals surface area contributed by atoms with Gasteiger partial charge in [0.15, 0.2) is 0 Å². The van der Waals surface area contributed by atoms with Gasteiger partial charge in [0.1, 0.15) is 12.6 Å². The Labute approximate surface area is 109 Å². The van der Waals surface area contributed by atoms with Crippen molar-refractivity contribution in [1.29, 1.82) is 0 Å². The molecule has 0 aliphatic heterocycles. The lowest BCUT2D eigenvalue weighted by atomic mass is 10.2. The fourth-order valence-electron chi connectivity index (χ4n) is 1.11. The number of hydrogen-bond donors (Lipinski definition) is 3. The quantitative estimate of drug-likeness (QED) is 0.514. The van der Waals surface area contributed by atoms with Crippen LogP contribution in [-0.2, 0) is 19.1 Å². The van der Waals surface area contributed by atoms with Crippen molar-refractivity contribution in [2.45, 2.75) is 19.4 Å². The van der Waals surface area contributed by atoms with E-state index in [-0.39, 0.29) is 13.2 Å². The molecule has 3 N–H and O–H groups in total. The number of carbonyl (C=O) groups excluding carboxylic acids is 2. The SMILES string of the molecule is CCOC(=O)CN(C)C(=O)N[C@@H](CC(=O)O)C(=O)O. The number of hydrogen-bond acceptors (Lipinski definition) is 5. The highest BCUT2D eigenvalue weighted by molar-refractivity contribution is 5.87. The van der Waals surface area contributed by atoms with E-state index in [2.05, 4.69) is 4.74 Å². The summed E-state index contributed by atoms with van der Waals surface area (Å²) in [6.07, 6.45) is -0.756. The molecular weight excluding hydrogens is 260 g/mol. The van der Waals surface area contributed by atoms with Crippen molar-refractivity contribution in [2.24, 2.45) is 0 Å². The summed E-state index contributed by atoms with van der Waals surface area (Å²) in [4.78, 5) is 44.7. The van der Waals surface area contributed by atoms with Gasteiger partial charge in [-0.2, -0.15) is 0 Å². The monoisotopic (exact) mass is 276 g/mol. The number of aliphatic carboxylic acids is 2. The molecule has 0 bridgehead atoms. The molecule has 0 saturated heterocycles. The lowest BCUT2D eigenvalue weighted by Crippen LogP contribution is -2.48. The highest BCUT2D eigenvalue weighted by Gasteiger charge is 2.25. The van der Waals surface area contributed by atoms with Gasteiger partial charge in [-0.3, -0.25) is 9.59 Å². The predicted molar refractivity (Wildman–Crippen MR) is 61.5 cm³/mol. The van der Waals surface area contributed by atoms with Crippen molar-refractivity contribution in [3.05, 3.63) is 0 Å². The highest BCUT2D eigenvalue weighted by Crippen LogP contribution is 1.96. The molecule has 0 unspecified atom stereocenters. The van der Waals surface area contributed by atoms with E-state index in [0.717, 1.165) is 4.90 Å². The van der Waals surface area contributed by atoms with Crippen LogP contribution in [0, 0.1) is 0 Å². The van der Waals surface area contributed by atoms with E-state index in [1.165, 1.54) is 7.05 Å². The molecule has 1 atom stereocenters. The van der Waals surface area contributed by atoms with Crippen molar-refractivity contribution < 1.29 is 34.1 Å². The molecule has 0 saturated carbocycles. The molecule has 0 heterocycles. The topological polar surface area (TPSA) is 133 Å². The van der Waals surface area contributed by atoms with Crippen LogP contribution in [0.1, 0.15) is 13.3 Å². The zero-order chi connectivity index (χ0) is 15.0. The molecule has 0 aliphatic carbocycles. The summed E-state index contributed by atoms with van der Waals surface area (Å²) in [5.74, 6) is -3.48. The summed E-state index contributed by atoms with van der Waals surface area (Å²) in [6.45, 7) is 1.40. The van der Waals surface area contributed by atoms with Gasteiger partial charge in [0.2, 0.25) is 0 Å². The summed E-state index contributed by atoms with van der Waals surface area (Å²) in [5.41, 5.74) is 0. The van der Waals surface area contributed by atoms with Gasteiger partial charge in [-0.25, -0.2) is 9.59 Å². The van der Waals surface area contributed by atoms with Crippen LogP contribution in [0.15, 0.2) is 0 Å².